The van der Waals surface area contributed by atoms with Crippen molar-refractivity contribution in [3.8, 4) is 5.75 Å². The van der Waals surface area contributed by atoms with Gasteiger partial charge in [-0.15, -0.1) is 0 Å². The maximum absolute atomic E-state index is 11.8. The summed E-state index contributed by atoms with van der Waals surface area (Å²) in [5.41, 5.74) is 1.60. The fraction of sp³-hybridized carbons (Fsp3) is 0.125. The zero-order valence-electron chi connectivity index (χ0n) is 11.7. The molecule has 2 rings (SSSR count). The Morgan fingerprint density at radius 3 is 2.77 bits per heavy atom. The summed E-state index contributed by atoms with van der Waals surface area (Å²) < 4.78 is 6.28. The van der Waals surface area contributed by atoms with Gasteiger partial charge in [-0.1, -0.05) is 51.4 Å². The maximum Gasteiger partial charge on any atom is 0.258 e. The van der Waals surface area contributed by atoms with Crippen LogP contribution in [0.2, 0.25) is 0 Å². The first-order valence-corrected chi connectivity index (χ1v) is 7.39. The number of carbonyl (C=O) groups excluding carboxylic acids is 1. The van der Waals surface area contributed by atoms with Crippen LogP contribution >= 0.6 is 15.9 Å². The van der Waals surface area contributed by atoms with Crippen molar-refractivity contribution in [2.75, 3.05) is 6.61 Å². The third kappa shape index (κ3) is 4.89. The number of halogens is 1. The fourth-order valence-electron chi connectivity index (χ4n) is 1.80. The van der Waals surface area contributed by atoms with Crippen LogP contribution < -0.4 is 10.1 Å². The largest absolute Gasteiger partial charge is 0.483 e. The van der Waals surface area contributed by atoms with Crippen LogP contribution in [0.15, 0.2) is 58.2 Å². The first-order valence-electron chi connectivity index (χ1n) is 6.59. The zero-order valence-corrected chi connectivity index (χ0v) is 13.3. The first-order chi connectivity index (χ1) is 10.7. The summed E-state index contributed by atoms with van der Waals surface area (Å²) in [5, 5.41) is 14.4. The molecule has 1 amide bonds. The van der Waals surface area contributed by atoms with Crippen molar-refractivity contribution in [3.63, 3.8) is 0 Å². The van der Waals surface area contributed by atoms with Gasteiger partial charge >= 0.3 is 0 Å². The lowest BCUT2D eigenvalue weighted by Gasteiger charge is -2.10. The lowest BCUT2D eigenvalue weighted by Crippen LogP contribution is -2.28. The molecule has 0 radical (unpaired) electrons. The van der Waals surface area contributed by atoms with Gasteiger partial charge in [0.15, 0.2) is 6.61 Å². The number of hydrogen-bond acceptors (Lipinski definition) is 4. The van der Waals surface area contributed by atoms with E-state index in [9.17, 15) is 4.79 Å². The van der Waals surface area contributed by atoms with E-state index in [1.165, 1.54) is 6.21 Å². The Balaban J connectivity index is 1.88. The molecule has 0 aliphatic carbocycles. The van der Waals surface area contributed by atoms with Gasteiger partial charge in [-0.05, 0) is 23.8 Å². The monoisotopic (exact) mass is 362 g/mol. The van der Waals surface area contributed by atoms with Gasteiger partial charge in [-0.3, -0.25) is 4.79 Å². The quantitative estimate of drug-likeness (QED) is 0.471. The molecule has 2 aromatic rings. The molecule has 0 aliphatic rings. The second-order valence-corrected chi connectivity index (χ2v) is 5.39. The number of nitrogens with one attached hydrogen (secondary N) is 1. The molecule has 0 spiro atoms. The third-order valence-corrected chi connectivity index (χ3v) is 3.35. The summed E-state index contributed by atoms with van der Waals surface area (Å²) in [6.07, 6.45) is 1.25. The fourth-order valence-corrected chi connectivity index (χ4v) is 2.18. The van der Waals surface area contributed by atoms with Crippen LogP contribution in [0.5, 0.6) is 5.75 Å². The molecule has 0 unspecified atom stereocenters. The Kier molecular flexibility index (Phi) is 5.97. The van der Waals surface area contributed by atoms with Crippen LogP contribution in [0.3, 0.4) is 0 Å². The molecule has 0 aromatic heterocycles. The molecule has 0 bridgehead atoms. The summed E-state index contributed by atoms with van der Waals surface area (Å²) in [5.74, 6) is 0.245. The zero-order chi connectivity index (χ0) is 15.8. The predicted molar refractivity (Wildman–Crippen MR) is 87.3 cm³/mol. The van der Waals surface area contributed by atoms with E-state index in [0.29, 0.717) is 17.9 Å². The van der Waals surface area contributed by atoms with Crippen LogP contribution in [0.4, 0.5) is 0 Å². The molecule has 5 nitrogen and oxygen atoms in total. The molecule has 114 valence electrons. The summed E-state index contributed by atoms with van der Waals surface area (Å²) in [6.45, 7) is 0.342. The van der Waals surface area contributed by atoms with Crippen LogP contribution in [0, 0.1) is 0 Å². The maximum atomic E-state index is 11.8. The van der Waals surface area contributed by atoms with Crippen molar-refractivity contribution in [2.45, 2.75) is 6.54 Å². The highest BCUT2D eigenvalue weighted by molar-refractivity contribution is 9.10. The lowest BCUT2D eigenvalue weighted by molar-refractivity contribution is -0.123. The SMILES string of the molecule is O=C(COc1ccc(Br)cc1C=NO)NCc1ccccc1. The van der Waals surface area contributed by atoms with Crippen LogP contribution in [0.1, 0.15) is 11.1 Å². The number of benzene rings is 2. The first kappa shape index (κ1) is 16.0. The van der Waals surface area contributed by atoms with E-state index >= 15 is 0 Å². The van der Waals surface area contributed by atoms with Gasteiger partial charge in [0.05, 0.1) is 6.21 Å². The van der Waals surface area contributed by atoms with Crippen molar-refractivity contribution in [2.24, 2.45) is 5.16 Å². The Morgan fingerprint density at radius 1 is 1.27 bits per heavy atom. The molecule has 2 aromatic carbocycles. The van der Waals surface area contributed by atoms with Gasteiger partial charge in [0, 0.05) is 16.6 Å². The van der Waals surface area contributed by atoms with E-state index in [-0.39, 0.29) is 12.5 Å². The van der Waals surface area contributed by atoms with Gasteiger partial charge in [0.1, 0.15) is 5.75 Å². The lowest BCUT2D eigenvalue weighted by atomic mass is 10.2. The molecular formula is C16H15BrN2O3. The van der Waals surface area contributed by atoms with Crippen molar-refractivity contribution in [1.82, 2.24) is 5.32 Å². The minimum Gasteiger partial charge on any atom is -0.483 e. The van der Waals surface area contributed by atoms with E-state index in [4.69, 9.17) is 9.94 Å². The summed E-state index contributed by atoms with van der Waals surface area (Å²) in [4.78, 5) is 11.8. The van der Waals surface area contributed by atoms with Gasteiger partial charge < -0.3 is 15.3 Å². The number of hydrogen-bond donors (Lipinski definition) is 2. The number of nitrogens with zero attached hydrogens (tertiary/aromatic N) is 1. The highest BCUT2D eigenvalue weighted by atomic mass is 79.9. The second kappa shape index (κ2) is 8.19. The van der Waals surface area contributed by atoms with E-state index in [0.717, 1.165) is 10.0 Å². The number of carbonyl (C=O) groups is 1. The van der Waals surface area contributed by atoms with Crippen LogP contribution in [-0.2, 0) is 11.3 Å². The normalized spacial score (nSPS) is 10.6. The summed E-state index contributed by atoms with van der Waals surface area (Å²) in [7, 11) is 0. The number of amides is 1. The van der Waals surface area contributed by atoms with Crippen LogP contribution in [0.25, 0.3) is 0 Å². The third-order valence-electron chi connectivity index (χ3n) is 2.86. The average Bonchev–Trinajstić information content (AvgIpc) is 2.53. The van der Waals surface area contributed by atoms with Crippen molar-refractivity contribution in [1.29, 1.82) is 0 Å². The summed E-state index contributed by atoms with van der Waals surface area (Å²) >= 11 is 3.32. The van der Waals surface area contributed by atoms with Gasteiger partial charge in [-0.2, -0.15) is 0 Å². The standard InChI is InChI=1S/C16H15BrN2O3/c17-14-6-7-15(13(8-14)10-19-21)22-11-16(20)18-9-12-4-2-1-3-5-12/h1-8,10,21H,9,11H2,(H,18,20). The Bertz CT molecular complexity index is 660. The molecule has 6 heteroatoms. The number of rotatable bonds is 6. The molecule has 2 N–H and O–H groups in total. The van der Waals surface area contributed by atoms with Gasteiger partial charge in [0.2, 0.25) is 0 Å². The van der Waals surface area contributed by atoms with Gasteiger partial charge in [-0.25, -0.2) is 0 Å². The number of ether oxygens (including phenoxy) is 1. The Morgan fingerprint density at radius 2 is 2.05 bits per heavy atom. The minimum atomic E-state index is -0.223. The molecule has 0 aliphatic heterocycles. The molecular weight excluding hydrogens is 348 g/mol. The molecule has 0 saturated heterocycles. The van der Waals surface area contributed by atoms with E-state index < -0.39 is 0 Å². The van der Waals surface area contributed by atoms with Crippen molar-refractivity contribution < 1.29 is 14.7 Å². The Hall–Kier alpha value is -2.34. The van der Waals surface area contributed by atoms with E-state index in [1.807, 2.05) is 30.3 Å². The molecule has 0 fully saturated rings. The topological polar surface area (TPSA) is 70.9 Å². The molecule has 0 atom stereocenters. The molecule has 0 saturated carbocycles. The predicted octanol–water partition coefficient (Wildman–Crippen LogP) is 2.95. The average molecular weight is 363 g/mol. The minimum absolute atomic E-state index is 0.110. The van der Waals surface area contributed by atoms with Crippen LogP contribution in [-0.4, -0.2) is 23.9 Å². The van der Waals surface area contributed by atoms with Crippen molar-refractivity contribution in [3.05, 3.63) is 64.1 Å². The van der Waals surface area contributed by atoms with E-state index in [2.05, 4.69) is 26.4 Å². The Labute approximate surface area is 136 Å². The van der Waals surface area contributed by atoms with E-state index in [1.54, 1.807) is 18.2 Å². The highest BCUT2D eigenvalue weighted by Crippen LogP contribution is 2.21. The van der Waals surface area contributed by atoms with Crippen molar-refractivity contribution >= 4 is 28.1 Å². The molecule has 22 heavy (non-hydrogen) atoms. The summed E-state index contributed by atoms with van der Waals surface area (Å²) in [6, 6.07) is 14.8. The highest BCUT2D eigenvalue weighted by Gasteiger charge is 2.07. The smallest absolute Gasteiger partial charge is 0.258 e. The van der Waals surface area contributed by atoms with Gasteiger partial charge in [0.25, 0.3) is 5.91 Å². The second-order valence-electron chi connectivity index (χ2n) is 4.48. The number of oxime groups is 1. The molecule has 0 heterocycles.